The fourth-order valence-electron chi connectivity index (χ4n) is 15.9. The van der Waals surface area contributed by atoms with Gasteiger partial charge < -0.3 is 109 Å². The quantitative estimate of drug-likeness (QED) is 0.0853. The largest absolute Gasteiger partial charge is 0.394 e. The van der Waals surface area contributed by atoms with Gasteiger partial charge in [0.15, 0.2) is 30.9 Å². The van der Waals surface area contributed by atoms with E-state index in [0.717, 1.165) is 38.5 Å². The van der Waals surface area contributed by atoms with E-state index < -0.39 is 142 Å². The highest BCUT2D eigenvalue weighted by atomic mass is 16.8. The minimum Gasteiger partial charge on any atom is -0.394 e. The zero-order valence-corrected chi connectivity index (χ0v) is 43.9. The van der Waals surface area contributed by atoms with E-state index in [9.17, 15) is 61.3 Å². The molecule has 428 valence electrons. The Kier molecular flexibility index (Phi) is 17.6. The second kappa shape index (κ2) is 22.6. The Balaban J connectivity index is 0.838. The van der Waals surface area contributed by atoms with Gasteiger partial charge in [0, 0.05) is 19.4 Å². The monoisotopic (exact) mass is 1060 g/mol. The van der Waals surface area contributed by atoms with Crippen molar-refractivity contribution < 1.29 is 109 Å². The third-order valence-electron chi connectivity index (χ3n) is 20.3. The summed E-state index contributed by atoms with van der Waals surface area (Å²) in [6.07, 6.45) is -20.0. The summed E-state index contributed by atoms with van der Waals surface area (Å²) in [6.45, 7) is 11.2. The molecule has 0 spiro atoms. The highest BCUT2D eigenvalue weighted by Gasteiger charge is 2.69. The minimum atomic E-state index is -1.73. The van der Waals surface area contributed by atoms with E-state index in [0.29, 0.717) is 55.3 Å². The van der Waals surface area contributed by atoms with Gasteiger partial charge in [-0.05, 0) is 118 Å². The van der Waals surface area contributed by atoms with Crippen LogP contribution in [0.15, 0.2) is 0 Å². The van der Waals surface area contributed by atoms with E-state index in [2.05, 4.69) is 20.8 Å². The van der Waals surface area contributed by atoms with Gasteiger partial charge in [0.1, 0.15) is 85.5 Å². The maximum atomic E-state index is 12.1. The van der Waals surface area contributed by atoms with Gasteiger partial charge in [-0.1, -0.05) is 27.7 Å². The van der Waals surface area contributed by atoms with Gasteiger partial charge in [-0.25, -0.2) is 0 Å². The SMILES string of the molecule is COC1(CCC(C)COC2OC(CO)C(O)C(O)C2O)OC2CC3C4CCC5CC(OC6OC(CO)C(OC7OC(C)C(O)C(O)C7O)C(O)C6OC6OC(C)C(O)C(O)C6O)CCC5(C)C4CCC3(C)C2C1C. The summed E-state index contributed by atoms with van der Waals surface area (Å²) in [7, 11) is 1.73. The number of methoxy groups -OCH3 is 1. The van der Waals surface area contributed by atoms with Gasteiger partial charge in [0.05, 0.1) is 44.2 Å². The van der Waals surface area contributed by atoms with Crippen LogP contribution in [0.1, 0.15) is 106 Å². The Morgan fingerprint density at radius 1 is 0.568 bits per heavy atom. The van der Waals surface area contributed by atoms with Gasteiger partial charge in [0.2, 0.25) is 0 Å². The molecule has 9 rings (SSSR count). The second-order valence-electron chi connectivity index (χ2n) is 24.4. The Morgan fingerprint density at radius 3 is 1.77 bits per heavy atom. The zero-order chi connectivity index (χ0) is 53.5. The van der Waals surface area contributed by atoms with Crippen molar-refractivity contribution in [1.29, 1.82) is 0 Å². The molecular formula is C52H88O22. The first-order chi connectivity index (χ1) is 35.0. The van der Waals surface area contributed by atoms with Crippen LogP contribution >= 0.6 is 0 Å². The summed E-state index contributed by atoms with van der Waals surface area (Å²) in [5.74, 6) is 1.44. The lowest BCUT2D eigenvalue weighted by Gasteiger charge is -2.61. The number of hydrogen-bond donors (Lipinski definition) is 12. The Hall–Kier alpha value is -0.880. The molecule has 32 unspecified atom stereocenters. The first-order valence-electron chi connectivity index (χ1n) is 27.5. The molecule has 0 bridgehead atoms. The molecular weight excluding hydrogens is 977 g/mol. The van der Waals surface area contributed by atoms with Crippen molar-refractivity contribution >= 4 is 0 Å². The van der Waals surface area contributed by atoms with Crippen LogP contribution in [-0.4, -0.2) is 229 Å². The number of aliphatic hydroxyl groups is 12. The molecule has 0 amide bonds. The summed E-state index contributed by atoms with van der Waals surface area (Å²) in [5, 5.41) is 127. The summed E-state index contributed by atoms with van der Waals surface area (Å²) >= 11 is 0. The van der Waals surface area contributed by atoms with Crippen molar-refractivity contribution in [2.75, 3.05) is 26.9 Å². The van der Waals surface area contributed by atoms with Crippen LogP contribution in [0.3, 0.4) is 0 Å². The first-order valence-corrected chi connectivity index (χ1v) is 27.5. The number of fused-ring (bicyclic) bond motifs is 7. The smallest absolute Gasteiger partial charge is 0.187 e. The Bertz CT molecular complexity index is 1850. The molecule has 32 atom stereocenters. The van der Waals surface area contributed by atoms with Crippen LogP contribution < -0.4 is 0 Å². The fourth-order valence-corrected chi connectivity index (χ4v) is 15.9. The first kappa shape index (κ1) is 57.8. The topological polar surface area (TPSA) is 335 Å². The lowest BCUT2D eigenvalue weighted by Crippen LogP contribution is -2.66. The fraction of sp³-hybridized carbons (Fsp3) is 1.00. The highest BCUT2D eigenvalue weighted by molar-refractivity contribution is 5.15. The van der Waals surface area contributed by atoms with Crippen LogP contribution in [-0.2, 0) is 47.4 Å². The van der Waals surface area contributed by atoms with E-state index in [-0.39, 0.29) is 41.5 Å². The number of hydrogen-bond acceptors (Lipinski definition) is 22. The van der Waals surface area contributed by atoms with Crippen molar-refractivity contribution in [2.45, 2.75) is 247 Å². The summed E-state index contributed by atoms with van der Waals surface area (Å²) < 4.78 is 61.6. The molecule has 74 heavy (non-hydrogen) atoms. The third-order valence-corrected chi connectivity index (χ3v) is 20.3. The average molecular weight is 1070 g/mol. The van der Waals surface area contributed by atoms with Crippen molar-refractivity contribution in [3.8, 4) is 0 Å². The van der Waals surface area contributed by atoms with E-state index in [1.54, 1.807) is 7.11 Å². The predicted molar refractivity (Wildman–Crippen MR) is 254 cm³/mol. The molecule has 22 nitrogen and oxygen atoms in total. The Labute approximate surface area is 433 Å². The van der Waals surface area contributed by atoms with Gasteiger partial charge in [-0.15, -0.1) is 0 Å². The highest BCUT2D eigenvalue weighted by Crippen LogP contribution is 2.71. The molecule has 22 heteroatoms. The van der Waals surface area contributed by atoms with Gasteiger partial charge in [0.25, 0.3) is 0 Å². The molecule has 0 radical (unpaired) electrons. The third kappa shape index (κ3) is 10.2. The summed E-state index contributed by atoms with van der Waals surface area (Å²) in [6, 6.07) is 0. The van der Waals surface area contributed by atoms with Crippen LogP contribution in [0, 0.1) is 52.3 Å². The standard InChI is InChI=1S/C52H88O22/c1-21(20-66-46-40(61)39(60)36(57)31(18-53)70-46)10-15-52(65-7)22(2)33-30(74-52)17-29-27-9-8-25-16-26(11-13-50(25,5)28(27)12-14-51(29,33)6)69-49-45(73-48-42(63)38(59)35(56)24(4)68-48)43(64)44(32(19-54)71-49)72-47-41(62)37(58)34(55)23(3)67-47/h21-49,53-64H,8-20H2,1-7H3. The molecule has 9 aliphatic rings. The second-order valence-corrected chi connectivity index (χ2v) is 24.4. The molecule has 0 aromatic rings. The average Bonchev–Trinajstić information content (AvgIpc) is 3.84. The number of ether oxygens (including phenoxy) is 10. The molecule has 12 N–H and O–H groups in total. The maximum absolute atomic E-state index is 12.1. The van der Waals surface area contributed by atoms with Crippen LogP contribution in [0.5, 0.6) is 0 Å². The van der Waals surface area contributed by atoms with Crippen molar-refractivity contribution in [1.82, 2.24) is 0 Å². The molecule has 5 saturated heterocycles. The molecule has 5 heterocycles. The van der Waals surface area contributed by atoms with Crippen LogP contribution in [0.4, 0.5) is 0 Å². The van der Waals surface area contributed by atoms with Crippen LogP contribution in [0.25, 0.3) is 0 Å². The van der Waals surface area contributed by atoms with E-state index >= 15 is 0 Å². The number of rotatable bonds is 15. The lowest BCUT2D eigenvalue weighted by molar-refractivity contribution is -0.389. The van der Waals surface area contributed by atoms with Crippen molar-refractivity contribution in [3.05, 3.63) is 0 Å². The van der Waals surface area contributed by atoms with E-state index in [1.807, 2.05) is 6.92 Å². The van der Waals surface area contributed by atoms with E-state index in [1.165, 1.54) is 13.8 Å². The van der Waals surface area contributed by atoms with Crippen LogP contribution in [0.2, 0.25) is 0 Å². The molecule has 4 saturated carbocycles. The Morgan fingerprint density at radius 2 is 1.15 bits per heavy atom. The number of aliphatic hydroxyl groups excluding tert-OH is 12. The molecule has 4 aliphatic carbocycles. The summed E-state index contributed by atoms with van der Waals surface area (Å²) in [4.78, 5) is 0. The molecule has 0 aromatic heterocycles. The van der Waals surface area contributed by atoms with Gasteiger partial charge >= 0.3 is 0 Å². The van der Waals surface area contributed by atoms with Crippen molar-refractivity contribution in [3.63, 3.8) is 0 Å². The zero-order valence-electron chi connectivity index (χ0n) is 43.9. The predicted octanol–water partition coefficient (Wildman–Crippen LogP) is -1.25. The minimum absolute atomic E-state index is 0.0111. The van der Waals surface area contributed by atoms with Crippen molar-refractivity contribution in [2.24, 2.45) is 52.3 Å². The normalized spacial score (nSPS) is 56.0. The summed E-state index contributed by atoms with van der Waals surface area (Å²) in [5.41, 5.74) is 0.0744. The molecule has 0 aromatic carbocycles. The van der Waals surface area contributed by atoms with Gasteiger partial charge in [-0.3, -0.25) is 0 Å². The molecule has 5 aliphatic heterocycles. The molecule has 9 fully saturated rings. The van der Waals surface area contributed by atoms with Gasteiger partial charge in [-0.2, -0.15) is 0 Å². The lowest BCUT2D eigenvalue weighted by atomic mass is 9.44. The maximum Gasteiger partial charge on any atom is 0.187 e. The van der Waals surface area contributed by atoms with E-state index in [4.69, 9.17) is 47.4 Å².